The minimum Gasteiger partial charge on any atom is -0.347 e. The van der Waals surface area contributed by atoms with Gasteiger partial charge in [-0.25, -0.2) is 4.98 Å². The first kappa shape index (κ1) is 14.9. The van der Waals surface area contributed by atoms with Crippen LogP contribution < -0.4 is 4.90 Å². The van der Waals surface area contributed by atoms with Crippen molar-refractivity contribution in [2.75, 3.05) is 31.1 Å². The van der Waals surface area contributed by atoms with Gasteiger partial charge in [0.1, 0.15) is 0 Å². The molecule has 116 valence electrons. The quantitative estimate of drug-likeness (QED) is 0.641. The van der Waals surface area contributed by atoms with E-state index in [2.05, 4.69) is 14.8 Å². The number of non-ortho nitro benzene ring substituents is 1. The van der Waals surface area contributed by atoms with Gasteiger partial charge in [-0.1, -0.05) is 12.1 Å². The summed E-state index contributed by atoms with van der Waals surface area (Å²) in [5, 5.41) is 13.8. The highest BCUT2D eigenvalue weighted by Crippen LogP contribution is 2.20. The highest BCUT2D eigenvalue weighted by Gasteiger charge is 2.17. The van der Waals surface area contributed by atoms with Crippen molar-refractivity contribution in [1.29, 1.82) is 0 Å². The Kier molecular flexibility index (Phi) is 4.65. The lowest BCUT2D eigenvalue weighted by Gasteiger charge is -2.21. The van der Waals surface area contributed by atoms with Gasteiger partial charge in [0, 0.05) is 56.4 Å². The van der Waals surface area contributed by atoms with Gasteiger partial charge in [0.2, 0.25) is 0 Å². The van der Waals surface area contributed by atoms with Crippen LogP contribution in [0.4, 0.5) is 10.8 Å². The van der Waals surface area contributed by atoms with Crippen LogP contribution in [0.5, 0.6) is 0 Å². The van der Waals surface area contributed by atoms with Crippen LogP contribution in [0.25, 0.3) is 0 Å². The van der Waals surface area contributed by atoms with Gasteiger partial charge < -0.3 is 4.90 Å². The van der Waals surface area contributed by atoms with E-state index >= 15 is 0 Å². The second-order valence-corrected chi connectivity index (χ2v) is 6.23. The summed E-state index contributed by atoms with van der Waals surface area (Å²) in [5.41, 5.74) is 1.27. The molecule has 1 saturated heterocycles. The van der Waals surface area contributed by atoms with E-state index in [1.807, 2.05) is 23.7 Å². The number of nitrogens with zero attached hydrogens (tertiary/aromatic N) is 4. The van der Waals surface area contributed by atoms with Crippen LogP contribution >= 0.6 is 11.3 Å². The molecule has 2 heterocycles. The van der Waals surface area contributed by atoms with E-state index in [9.17, 15) is 10.1 Å². The lowest BCUT2D eigenvalue weighted by Crippen LogP contribution is -2.30. The maximum Gasteiger partial charge on any atom is 0.269 e. The van der Waals surface area contributed by atoms with Crippen LogP contribution in [0.2, 0.25) is 0 Å². The Hall–Kier alpha value is -1.99. The molecule has 0 saturated carbocycles. The van der Waals surface area contributed by atoms with Crippen LogP contribution in [-0.2, 0) is 6.54 Å². The largest absolute Gasteiger partial charge is 0.347 e. The smallest absolute Gasteiger partial charge is 0.269 e. The predicted molar refractivity (Wildman–Crippen MR) is 87.3 cm³/mol. The van der Waals surface area contributed by atoms with E-state index < -0.39 is 0 Å². The first-order valence-electron chi connectivity index (χ1n) is 7.32. The summed E-state index contributed by atoms with van der Waals surface area (Å²) >= 11 is 1.68. The van der Waals surface area contributed by atoms with Crippen molar-refractivity contribution in [3.63, 3.8) is 0 Å². The number of rotatable bonds is 4. The fourth-order valence-electron chi connectivity index (χ4n) is 2.67. The van der Waals surface area contributed by atoms with Gasteiger partial charge in [0.25, 0.3) is 5.69 Å². The molecule has 0 aliphatic carbocycles. The van der Waals surface area contributed by atoms with Crippen LogP contribution in [-0.4, -0.2) is 41.0 Å². The Bertz CT molecular complexity index is 615. The number of anilines is 1. The fourth-order valence-corrected chi connectivity index (χ4v) is 3.37. The molecule has 22 heavy (non-hydrogen) atoms. The van der Waals surface area contributed by atoms with E-state index in [1.165, 1.54) is 0 Å². The third kappa shape index (κ3) is 3.61. The lowest BCUT2D eigenvalue weighted by molar-refractivity contribution is -0.384. The summed E-state index contributed by atoms with van der Waals surface area (Å²) < 4.78 is 0. The van der Waals surface area contributed by atoms with Gasteiger partial charge in [-0.15, -0.1) is 11.3 Å². The predicted octanol–water partition coefficient (Wildman–Crippen LogP) is 2.76. The Morgan fingerprint density at radius 3 is 2.68 bits per heavy atom. The van der Waals surface area contributed by atoms with Crippen LogP contribution in [0.15, 0.2) is 35.8 Å². The van der Waals surface area contributed by atoms with Crippen LogP contribution in [0.3, 0.4) is 0 Å². The van der Waals surface area contributed by atoms with Crippen LogP contribution in [0.1, 0.15) is 12.0 Å². The van der Waals surface area contributed by atoms with E-state index in [0.29, 0.717) is 0 Å². The highest BCUT2D eigenvalue weighted by atomic mass is 32.1. The molecule has 0 N–H and O–H groups in total. The molecule has 0 atom stereocenters. The van der Waals surface area contributed by atoms with E-state index in [0.717, 1.165) is 49.8 Å². The summed E-state index contributed by atoms with van der Waals surface area (Å²) in [6.07, 6.45) is 2.95. The van der Waals surface area contributed by atoms with Crippen molar-refractivity contribution < 1.29 is 4.92 Å². The normalized spacial score (nSPS) is 16.5. The molecule has 0 amide bonds. The molecule has 1 aromatic heterocycles. The van der Waals surface area contributed by atoms with Gasteiger partial charge in [-0.05, 0) is 12.0 Å². The monoisotopic (exact) mass is 318 g/mol. The molecular weight excluding hydrogens is 300 g/mol. The Morgan fingerprint density at radius 2 is 2.00 bits per heavy atom. The zero-order chi connectivity index (χ0) is 15.4. The van der Waals surface area contributed by atoms with E-state index in [-0.39, 0.29) is 10.6 Å². The van der Waals surface area contributed by atoms with Gasteiger partial charge in [0.15, 0.2) is 5.13 Å². The fraction of sp³-hybridized carbons (Fsp3) is 0.400. The zero-order valence-corrected chi connectivity index (χ0v) is 13.0. The number of nitro groups is 1. The number of thiazole rings is 1. The van der Waals surface area contributed by atoms with E-state index in [4.69, 9.17) is 0 Å². The molecule has 6 nitrogen and oxygen atoms in total. The van der Waals surface area contributed by atoms with Crippen molar-refractivity contribution in [2.45, 2.75) is 13.0 Å². The molecule has 7 heteroatoms. The lowest BCUT2D eigenvalue weighted by atomic mass is 10.2. The average Bonchev–Trinajstić information content (AvgIpc) is 2.96. The summed E-state index contributed by atoms with van der Waals surface area (Å²) in [4.78, 5) is 19.4. The molecule has 0 spiro atoms. The second-order valence-electron chi connectivity index (χ2n) is 5.35. The Morgan fingerprint density at radius 1 is 1.18 bits per heavy atom. The van der Waals surface area contributed by atoms with Crippen molar-refractivity contribution in [1.82, 2.24) is 9.88 Å². The van der Waals surface area contributed by atoms with Crippen molar-refractivity contribution in [3.8, 4) is 0 Å². The minimum atomic E-state index is -0.360. The minimum absolute atomic E-state index is 0.148. The first-order valence-corrected chi connectivity index (χ1v) is 8.20. The average molecular weight is 318 g/mol. The Balaban J connectivity index is 1.58. The maximum atomic E-state index is 10.7. The highest BCUT2D eigenvalue weighted by molar-refractivity contribution is 7.13. The van der Waals surface area contributed by atoms with Gasteiger partial charge >= 0.3 is 0 Å². The molecule has 1 aliphatic rings. The van der Waals surface area contributed by atoms with Crippen molar-refractivity contribution in [2.24, 2.45) is 0 Å². The summed E-state index contributed by atoms with van der Waals surface area (Å²) in [6, 6.07) is 6.85. The second kappa shape index (κ2) is 6.85. The number of nitro benzene ring substituents is 1. The number of hydrogen-bond acceptors (Lipinski definition) is 6. The molecule has 0 unspecified atom stereocenters. The van der Waals surface area contributed by atoms with E-state index in [1.54, 1.807) is 23.5 Å². The van der Waals surface area contributed by atoms with Gasteiger partial charge in [-0.2, -0.15) is 0 Å². The molecule has 1 aliphatic heterocycles. The summed E-state index contributed by atoms with van der Waals surface area (Å²) in [5.74, 6) is 0. The SMILES string of the molecule is O=[N+]([O-])c1ccc(CN2CCCN(c3nccs3)CC2)cc1. The maximum absolute atomic E-state index is 10.7. The molecule has 1 fully saturated rings. The van der Waals surface area contributed by atoms with Gasteiger partial charge in [0.05, 0.1) is 4.92 Å². The first-order chi connectivity index (χ1) is 10.7. The number of aromatic nitrogens is 1. The summed E-state index contributed by atoms with van der Waals surface area (Å²) in [6.45, 7) is 4.86. The number of hydrogen-bond donors (Lipinski definition) is 0. The third-order valence-corrected chi connectivity index (χ3v) is 4.66. The molecule has 2 aromatic rings. The topological polar surface area (TPSA) is 62.5 Å². The molecular formula is C15H18N4O2S. The summed E-state index contributed by atoms with van der Waals surface area (Å²) in [7, 11) is 0. The molecule has 0 bridgehead atoms. The van der Waals surface area contributed by atoms with Crippen molar-refractivity contribution >= 4 is 22.2 Å². The van der Waals surface area contributed by atoms with Gasteiger partial charge in [-0.3, -0.25) is 15.0 Å². The molecule has 3 rings (SSSR count). The Labute approximate surface area is 133 Å². The molecule has 0 radical (unpaired) electrons. The third-order valence-electron chi connectivity index (χ3n) is 3.83. The number of benzene rings is 1. The zero-order valence-electron chi connectivity index (χ0n) is 12.2. The molecule has 1 aromatic carbocycles. The standard InChI is InChI=1S/C15H18N4O2S/c20-19(21)14-4-2-13(3-5-14)12-17-7-1-8-18(10-9-17)15-16-6-11-22-15/h2-6,11H,1,7-10,12H2. The van der Waals surface area contributed by atoms with Crippen molar-refractivity contribution in [3.05, 3.63) is 51.5 Å². The van der Waals surface area contributed by atoms with Crippen LogP contribution in [0, 0.1) is 10.1 Å².